The quantitative estimate of drug-likeness (QED) is 0.393. The first-order valence-corrected chi connectivity index (χ1v) is 13.0. The summed E-state index contributed by atoms with van der Waals surface area (Å²) in [6, 6.07) is 3.12. The Hall–Kier alpha value is -2.76. The molecule has 2 unspecified atom stereocenters. The number of fused-ring (bicyclic) bond motifs is 1. The molecular weight excluding hydrogens is 480 g/mol. The second-order valence-electron chi connectivity index (χ2n) is 8.39. The lowest BCUT2D eigenvalue weighted by Gasteiger charge is -2.19. The van der Waals surface area contributed by atoms with Gasteiger partial charge in [-0.05, 0) is 63.8 Å². The molecule has 0 radical (unpaired) electrons. The minimum Gasteiger partial charge on any atom is -0.493 e. The number of sulfonamides is 1. The van der Waals surface area contributed by atoms with Gasteiger partial charge < -0.3 is 14.6 Å². The van der Waals surface area contributed by atoms with Gasteiger partial charge in [-0.1, -0.05) is 20.1 Å². The fourth-order valence-electron chi connectivity index (χ4n) is 4.09. The Bertz CT molecular complexity index is 1790. The average molecular weight is 528 g/mol. The number of likely N-dealkylation sites (tertiary alicyclic amines) is 1. The molecule has 2 N–H and O–H groups in total. The molecule has 196 valence electrons. The normalized spacial score (nSPS) is 23.6. The molecule has 0 spiro atoms. The van der Waals surface area contributed by atoms with E-state index in [0.717, 1.165) is 10.7 Å². The molecule has 1 aliphatic rings. The Morgan fingerprint density at radius 3 is 3.03 bits per heavy atom. The summed E-state index contributed by atoms with van der Waals surface area (Å²) in [5, 5.41) is 3.93. The molecule has 4 rings (SSSR count). The van der Waals surface area contributed by atoms with Crippen LogP contribution in [0.1, 0.15) is 66.6 Å². The average Bonchev–Trinajstić information content (AvgIpc) is 3.55. The van der Waals surface area contributed by atoms with Crippen LogP contribution in [0.4, 0.5) is 0 Å². The number of hydrogen-bond acceptors (Lipinski definition) is 7. The molecule has 1 fully saturated rings. The summed E-state index contributed by atoms with van der Waals surface area (Å²) in [4.78, 5) is 21.0. The number of aromatic nitrogens is 4. The van der Waals surface area contributed by atoms with Crippen LogP contribution in [0.5, 0.6) is 5.75 Å². The standard InChI is InChI=1S/C25H36N6O4S/c1-5-8-20-22-23(31(4)29-20)25(32)28-24(27-22)19-16-18(10-11-21(19)35-15-6-2)36(33,34)26-13-12-17-9-7-14-30(17)3/h10-11,16-17,26H,5-9,12-15H2,1-4H3,(H,27,28,32)/i1D3,3D3,5D2,8D2,13D. The second kappa shape index (κ2) is 11.1. The summed E-state index contributed by atoms with van der Waals surface area (Å²) in [5.41, 5.74) is -2.39. The van der Waals surface area contributed by atoms with Crippen molar-refractivity contribution in [1.82, 2.24) is 29.4 Å². The van der Waals surface area contributed by atoms with Crippen molar-refractivity contribution >= 4 is 21.1 Å². The molecule has 3 heterocycles. The Morgan fingerprint density at radius 1 is 1.39 bits per heavy atom. The zero-order valence-corrected chi connectivity index (χ0v) is 20.8. The SMILES string of the molecule is [2H]C(CC1CCCN1C([2H])([2H])[2H])NS(=O)(=O)c1ccc(OCCC)c(-c2nc3c(C([2H])([2H])C([2H])([2H])C([2H])([2H])[2H])nn(C)c3c(=O)[nH]2)c1. The van der Waals surface area contributed by atoms with Crippen LogP contribution in [0.15, 0.2) is 27.9 Å². The number of nitrogens with zero attached hydrogens (tertiary/aromatic N) is 4. The number of ether oxygens (including phenoxy) is 1. The highest BCUT2D eigenvalue weighted by Crippen LogP contribution is 2.31. The minimum atomic E-state index is -4.40. The van der Waals surface area contributed by atoms with E-state index in [0.29, 0.717) is 25.8 Å². The fraction of sp³-hybridized carbons (Fsp3) is 0.560. The fourth-order valence-corrected chi connectivity index (χ4v) is 5.06. The van der Waals surface area contributed by atoms with Gasteiger partial charge in [-0.15, -0.1) is 0 Å². The van der Waals surface area contributed by atoms with E-state index in [9.17, 15) is 13.2 Å². The van der Waals surface area contributed by atoms with Gasteiger partial charge in [0, 0.05) is 34.7 Å². The number of rotatable bonds is 11. The smallest absolute Gasteiger partial charge is 0.277 e. The van der Waals surface area contributed by atoms with Crippen LogP contribution in [0.3, 0.4) is 0 Å². The van der Waals surface area contributed by atoms with Crippen molar-refractivity contribution in [1.29, 1.82) is 0 Å². The molecule has 1 aromatic carbocycles. The summed E-state index contributed by atoms with van der Waals surface area (Å²) in [6.07, 6.45) is -5.15. The monoisotopic (exact) mass is 527 g/mol. The van der Waals surface area contributed by atoms with Crippen molar-refractivity contribution in [3.8, 4) is 17.1 Å². The van der Waals surface area contributed by atoms with E-state index >= 15 is 0 Å². The number of hydrogen-bond donors (Lipinski definition) is 2. The van der Waals surface area contributed by atoms with E-state index in [1.807, 2.05) is 6.92 Å². The molecule has 0 saturated carbocycles. The first-order valence-electron chi connectivity index (χ1n) is 17.1. The molecule has 2 atom stereocenters. The molecular formula is C25H36N6O4S. The number of benzene rings is 1. The van der Waals surface area contributed by atoms with Gasteiger partial charge >= 0.3 is 0 Å². The summed E-state index contributed by atoms with van der Waals surface area (Å²) < 4.78 is 123. The van der Waals surface area contributed by atoms with E-state index in [4.69, 9.17) is 19.8 Å². The largest absolute Gasteiger partial charge is 0.493 e. The maximum absolute atomic E-state index is 13.4. The third kappa shape index (κ3) is 5.47. The predicted molar refractivity (Wildman–Crippen MR) is 140 cm³/mol. The van der Waals surface area contributed by atoms with Crippen molar-refractivity contribution < 1.29 is 28.2 Å². The van der Waals surface area contributed by atoms with Gasteiger partial charge in [-0.3, -0.25) is 9.48 Å². The lowest BCUT2D eigenvalue weighted by atomic mass is 10.1. The van der Waals surface area contributed by atoms with E-state index in [-0.39, 0.29) is 40.6 Å². The summed E-state index contributed by atoms with van der Waals surface area (Å²) >= 11 is 0. The van der Waals surface area contributed by atoms with Gasteiger partial charge in [-0.2, -0.15) is 5.10 Å². The van der Waals surface area contributed by atoms with Gasteiger partial charge in [0.05, 0.1) is 22.8 Å². The minimum absolute atomic E-state index is 0.0552. The summed E-state index contributed by atoms with van der Waals surface area (Å²) in [7, 11) is -3.12. The van der Waals surface area contributed by atoms with E-state index in [2.05, 4.69) is 19.8 Å². The molecule has 36 heavy (non-hydrogen) atoms. The van der Waals surface area contributed by atoms with Crippen LogP contribution in [0, 0.1) is 0 Å². The van der Waals surface area contributed by atoms with Gasteiger partial charge in [0.15, 0.2) is 5.52 Å². The van der Waals surface area contributed by atoms with E-state index in [1.165, 1.54) is 24.1 Å². The van der Waals surface area contributed by atoms with E-state index in [1.54, 1.807) is 0 Å². The third-order valence-electron chi connectivity index (χ3n) is 5.86. The molecule has 1 saturated heterocycles. The van der Waals surface area contributed by atoms with Gasteiger partial charge in [0.1, 0.15) is 17.1 Å². The zero-order valence-electron chi connectivity index (χ0n) is 31.0. The highest BCUT2D eigenvalue weighted by molar-refractivity contribution is 7.89. The van der Waals surface area contributed by atoms with Gasteiger partial charge in [0.2, 0.25) is 10.0 Å². The number of nitrogens with one attached hydrogen (secondary N) is 2. The first-order chi connectivity index (χ1) is 21.5. The van der Waals surface area contributed by atoms with Crippen molar-refractivity contribution in [2.75, 3.05) is 26.6 Å². The molecule has 0 bridgehead atoms. The Kier molecular flexibility index (Phi) is 4.77. The first kappa shape index (κ1) is 15.5. The predicted octanol–water partition coefficient (Wildman–Crippen LogP) is 2.83. The molecule has 10 nitrogen and oxygen atoms in total. The van der Waals surface area contributed by atoms with Crippen molar-refractivity contribution in [3.63, 3.8) is 0 Å². The molecule has 2 aromatic heterocycles. The molecule has 0 aliphatic carbocycles. The Morgan fingerprint density at radius 2 is 2.25 bits per heavy atom. The number of H-pyrrole nitrogens is 1. The summed E-state index contributed by atoms with van der Waals surface area (Å²) in [6.45, 7) is -4.88. The maximum Gasteiger partial charge on any atom is 0.277 e. The Labute approximate surface area is 227 Å². The highest BCUT2D eigenvalue weighted by Gasteiger charge is 2.23. The number of aryl methyl sites for hydroxylation is 2. The summed E-state index contributed by atoms with van der Waals surface area (Å²) in [5.74, 6) is -0.215. The molecule has 0 amide bonds. The zero-order chi connectivity index (χ0) is 35.3. The van der Waals surface area contributed by atoms with Gasteiger partial charge in [0.25, 0.3) is 5.56 Å². The van der Waals surface area contributed by atoms with Crippen LogP contribution in [0.2, 0.25) is 0 Å². The second-order valence-corrected chi connectivity index (χ2v) is 10.1. The van der Waals surface area contributed by atoms with Crippen LogP contribution in [-0.4, -0.2) is 65.8 Å². The van der Waals surface area contributed by atoms with Crippen LogP contribution in [-0.2, 0) is 23.4 Å². The lowest BCUT2D eigenvalue weighted by Crippen LogP contribution is -2.31. The molecule has 3 aromatic rings. The maximum atomic E-state index is 13.4. The highest BCUT2D eigenvalue weighted by atomic mass is 32.2. The van der Waals surface area contributed by atoms with Crippen molar-refractivity contribution in [2.24, 2.45) is 7.05 Å². The topological polar surface area (TPSA) is 122 Å². The Balaban J connectivity index is 1.79. The lowest BCUT2D eigenvalue weighted by molar-refractivity contribution is 0.297. The van der Waals surface area contributed by atoms with Crippen LogP contribution in [0.25, 0.3) is 22.4 Å². The third-order valence-corrected chi connectivity index (χ3v) is 7.21. The molecule has 11 heteroatoms. The number of aromatic amines is 1. The van der Waals surface area contributed by atoms with Crippen molar-refractivity contribution in [3.05, 3.63) is 34.2 Å². The van der Waals surface area contributed by atoms with Crippen LogP contribution < -0.4 is 15.0 Å². The van der Waals surface area contributed by atoms with Gasteiger partial charge in [-0.25, -0.2) is 18.1 Å². The van der Waals surface area contributed by atoms with Crippen LogP contribution >= 0.6 is 0 Å². The molecule has 1 aliphatic heterocycles. The van der Waals surface area contributed by atoms with Crippen molar-refractivity contribution in [2.45, 2.75) is 63.1 Å². The van der Waals surface area contributed by atoms with E-state index < -0.39 is 65.9 Å².